The molecule has 114 valence electrons. The summed E-state index contributed by atoms with van der Waals surface area (Å²) in [6.45, 7) is 7.33. The van der Waals surface area contributed by atoms with Gasteiger partial charge >= 0.3 is 0 Å². The highest BCUT2D eigenvalue weighted by Crippen LogP contribution is 2.32. The summed E-state index contributed by atoms with van der Waals surface area (Å²) in [7, 11) is 0. The number of rotatable bonds is 10. The van der Waals surface area contributed by atoms with Crippen molar-refractivity contribution >= 4 is 0 Å². The highest BCUT2D eigenvalue weighted by atomic mass is 16.5. The Labute approximate surface area is 124 Å². The lowest BCUT2D eigenvalue weighted by atomic mass is 9.96. The predicted octanol–water partition coefficient (Wildman–Crippen LogP) is 5.26. The fourth-order valence-electron chi connectivity index (χ4n) is 2.38. The molecule has 0 spiro atoms. The first-order chi connectivity index (χ1) is 9.74. The third kappa shape index (κ3) is 5.07. The minimum atomic E-state index is 0.437. The predicted molar refractivity (Wildman–Crippen MR) is 85.7 cm³/mol. The van der Waals surface area contributed by atoms with Crippen LogP contribution in [0.1, 0.15) is 70.4 Å². The van der Waals surface area contributed by atoms with E-state index in [0.717, 1.165) is 69.3 Å². The molecule has 20 heavy (non-hydrogen) atoms. The summed E-state index contributed by atoms with van der Waals surface area (Å²) in [5.74, 6) is 1.42. The smallest absolute Gasteiger partial charge is 0.123 e. The molecular formula is C18H30O2. The molecule has 0 aromatic heterocycles. The van der Waals surface area contributed by atoms with Gasteiger partial charge in [-0.05, 0) is 44.2 Å². The number of unbranched alkanes of at least 4 members (excludes halogenated alkanes) is 3. The van der Waals surface area contributed by atoms with E-state index in [2.05, 4.69) is 20.8 Å². The van der Waals surface area contributed by atoms with Crippen molar-refractivity contribution in [1.29, 1.82) is 0 Å². The summed E-state index contributed by atoms with van der Waals surface area (Å²) in [5, 5.41) is 10.2. The van der Waals surface area contributed by atoms with Gasteiger partial charge in [-0.25, -0.2) is 0 Å². The molecule has 0 heterocycles. The van der Waals surface area contributed by atoms with E-state index in [1.807, 2.05) is 6.07 Å². The van der Waals surface area contributed by atoms with E-state index >= 15 is 0 Å². The van der Waals surface area contributed by atoms with E-state index in [4.69, 9.17) is 4.74 Å². The van der Waals surface area contributed by atoms with Crippen LogP contribution in [0.25, 0.3) is 0 Å². The topological polar surface area (TPSA) is 29.5 Å². The highest BCUT2D eigenvalue weighted by molar-refractivity contribution is 5.48. The van der Waals surface area contributed by atoms with Gasteiger partial charge in [-0.1, -0.05) is 40.0 Å². The van der Waals surface area contributed by atoms with Crippen LogP contribution in [0.2, 0.25) is 0 Å². The van der Waals surface area contributed by atoms with E-state index in [1.54, 1.807) is 6.07 Å². The van der Waals surface area contributed by atoms with Crippen LogP contribution < -0.4 is 4.74 Å². The molecule has 0 amide bonds. The molecule has 0 saturated carbocycles. The van der Waals surface area contributed by atoms with Gasteiger partial charge in [0.2, 0.25) is 0 Å². The van der Waals surface area contributed by atoms with Crippen molar-refractivity contribution in [2.45, 2.75) is 72.1 Å². The van der Waals surface area contributed by atoms with E-state index in [-0.39, 0.29) is 0 Å². The number of hydrogen-bond donors (Lipinski definition) is 1. The number of phenols is 1. The van der Waals surface area contributed by atoms with Gasteiger partial charge in [-0.15, -0.1) is 0 Å². The highest BCUT2D eigenvalue weighted by Gasteiger charge is 2.13. The van der Waals surface area contributed by atoms with Crippen LogP contribution in [0.4, 0.5) is 0 Å². The third-order valence-electron chi connectivity index (χ3n) is 3.68. The fourth-order valence-corrected chi connectivity index (χ4v) is 2.38. The first-order valence-electron chi connectivity index (χ1n) is 8.21. The van der Waals surface area contributed by atoms with Crippen molar-refractivity contribution in [3.63, 3.8) is 0 Å². The number of phenolic OH excluding ortho intramolecular Hbond substituents is 1. The fraction of sp³-hybridized carbons (Fsp3) is 0.667. The molecule has 0 aliphatic carbocycles. The van der Waals surface area contributed by atoms with Gasteiger partial charge in [0.1, 0.15) is 11.5 Å². The van der Waals surface area contributed by atoms with Gasteiger partial charge < -0.3 is 9.84 Å². The number of ether oxygens (including phenoxy) is 1. The molecule has 1 aromatic carbocycles. The maximum absolute atomic E-state index is 10.2. The molecule has 1 aromatic rings. The van der Waals surface area contributed by atoms with Crippen molar-refractivity contribution in [3.05, 3.63) is 23.3 Å². The van der Waals surface area contributed by atoms with E-state index in [1.165, 1.54) is 5.56 Å². The van der Waals surface area contributed by atoms with Gasteiger partial charge in [-0.2, -0.15) is 0 Å². The lowest BCUT2D eigenvalue weighted by Crippen LogP contribution is -2.04. The van der Waals surface area contributed by atoms with E-state index in [0.29, 0.717) is 5.75 Å². The molecule has 1 rings (SSSR count). The molecule has 0 aliphatic heterocycles. The maximum Gasteiger partial charge on any atom is 0.123 e. The van der Waals surface area contributed by atoms with Crippen molar-refractivity contribution < 1.29 is 9.84 Å². The summed E-state index contributed by atoms with van der Waals surface area (Å²) >= 11 is 0. The lowest BCUT2D eigenvalue weighted by Gasteiger charge is -2.17. The first kappa shape index (κ1) is 16.9. The summed E-state index contributed by atoms with van der Waals surface area (Å²) in [5.41, 5.74) is 2.34. The second-order valence-corrected chi connectivity index (χ2v) is 5.45. The molecule has 0 bridgehead atoms. The Morgan fingerprint density at radius 3 is 2.05 bits per heavy atom. The van der Waals surface area contributed by atoms with Gasteiger partial charge in [0, 0.05) is 11.1 Å². The van der Waals surface area contributed by atoms with Crippen LogP contribution in [0, 0.1) is 0 Å². The van der Waals surface area contributed by atoms with Gasteiger partial charge in [0.05, 0.1) is 6.61 Å². The molecule has 2 heteroatoms. The largest absolute Gasteiger partial charge is 0.508 e. The zero-order chi connectivity index (χ0) is 14.8. The van der Waals surface area contributed by atoms with Crippen LogP contribution in [-0.4, -0.2) is 11.7 Å². The zero-order valence-corrected chi connectivity index (χ0v) is 13.4. The summed E-state index contributed by atoms with van der Waals surface area (Å²) in [6.07, 6.45) is 8.75. The summed E-state index contributed by atoms with van der Waals surface area (Å²) < 4.78 is 5.94. The van der Waals surface area contributed by atoms with E-state index in [9.17, 15) is 5.11 Å². The molecular weight excluding hydrogens is 248 g/mol. The third-order valence-corrected chi connectivity index (χ3v) is 3.68. The van der Waals surface area contributed by atoms with Crippen molar-refractivity contribution in [2.75, 3.05) is 6.61 Å². The van der Waals surface area contributed by atoms with Crippen LogP contribution >= 0.6 is 0 Å². The average Bonchev–Trinajstić information content (AvgIpc) is 2.46. The van der Waals surface area contributed by atoms with Gasteiger partial charge in [0.25, 0.3) is 0 Å². The monoisotopic (exact) mass is 278 g/mol. The Hall–Kier alpha value is -1.18. The Morgan fingerprint density at radius 1 is 0.850 bits per heavy atom. The van der Waals surface area contributed by atoms with Gasteiger partial charge in [-0.3, -0.25) is 0 Å². The molecule has 0 aliphatic rings. The first-order valence-corrected chi connectivity index (χ1v) is 8.21. The normalized spacial score (nSPS) is 10.8. The second kappa shape index (κ2) is 9.68. The van der Waals surface area contributed by atoms with Crippen molar-refractivity contribution in [1.82, 2.24) is 0 Å². The number of hydrogen-bond acceptors (Lipinski definition) is 2. The minimum Gasteiger partial charge on any atom is -0.508 e. The SMILES string of the molecule is CCCCOc1ccc(O)c(CCCC)c1CCCC. The molecule has 2 nitrogen and oxygen atoms in total. The van der Waals surface area contributed by atoms with Crippen molar-refractivity contribution in [3.8, 4) is 11.5 Å². The second-order valence-electron chi connectivity index (χ2n) is 5.45. The van der Waals surface area contributed by atoms with Crippen molar-refractivity contribution in [2.24, 2.45) is 0 Å². The van der Waals surface area contributed by atoms with Crippen LogP contribution in [0.15, 0.2) is 12.1 Å². The molecule has 0 radical (unpaired) electrons. The summed E-state index contributed by atoms with van der Waals surface area (Å²) in [4.78, 5) is 0. The van der Waals surface area contributed by atoms with Gasteiger partial charge in [0.15, 0.2) is 0 Å². The molecule has 0 unspecified atom stereocenters. The summed E-state index contributed by atoms with van der Waals surface area (Å²) in [6, 6.07) is 3.73. The van der Waals surface area contributed by atoms with Crippen LogP contribution in [-0.2, 0) is 12.8 Å². The van der Waals surface area contributed by atoms with E-state index < -0.39 is 0 Å². The molecule has 1 N–H and O–H groups in total. The zero-order valence-electron chi connectivity index (χ0n) is 13.4. The Balaban J connectivity index is 2.94. The molecule has 0 atom stereocenters. The van der Waals surface area contributed by atoms with Crippen LogP contribution in [0.5, 0.6) is 11.5 Å². The quantitative estimate of drug-likeness (QED) is 0.592. The minimum absolute atomic E-state index is 0.437. The van der Waals surface area contributed by atoms with Crippen LogP contribution in [0.3, 0.4) is 0 Å². The molecule has 0 saturated heterocycles. The molecule has 0 fully saturated rings. The number of benzene rings is 1. The Kier molecular flexibility index (Phi) is 8.17. The Bertz CT molecular complexity index is 385. The lowest BCUT2D eigenvalue weighted by molar-refractivity contribution is 0.304. The maximum atomic E-state index is 10.2. The average molecular weight is 278 g/mol. The number of aromatic hydroxyl groups is 1. The Morgan fingerprint density at radius 2 is 1.45 bits per heavy atom. The standard InChI is InChI=1S/C18H30O2/c1-4-7-10-15-16(11-8-5-2)18(13-12-17(15)19)20-14-9-6-3/h12-13,19H,4-11,14H2,1-3H3.